The summed E-state index contributed by atoms with van der Waals surface area (Å²) in [5, 5.41) is 26.5. The van der Waals surface area contributed by atoms with Crippen LogP contribution in [0.4, 0.5) is 5.69 Å². The Morgan fingerprint density at radius 3 is 2.65 bits per heavy atom. The van der Waals surface area contributed by atoms with Gasteiger partial charge in [-0.15, -0.1) is 5.10 Å². The highest BCUT2D eigenvalue weighted by molar-refractivity contribution is 5.85. The van der Waals surface area contributed by atoms with Crippen LogP contribution in [0.3, 0.4) is 0 Å². The van der Waals surface area contributed by atoms with Gasteiger partial charge in [-0.1, -0.05) is 0 Å². The molecule has 0 spiro atoms. The highest BCUT2D eigenvalue weighted by Crippen LogP contribution is 2.21. The van der Waals surface area contributed by atoms with Gasteiger partial charge in [-0.05, 0) is 6.07 Å². The van der Waals surface area contributed by atoms with E-state index >= 15 is 0 Å². The van der Waals surface area contributed by atoms with Gasteiger partial charge in [-0.25, -0.2) is 0 Å². The first kappa shape index (κ1) is 14.3. The summed E-state index contributed by atoms with van der Waals surface area (Å²) in [6, 6.07) is 3.52. The number of aromatic hydroxyl groups is 1. The van der Waals surface area contributed by atoms with Gasteiger partial charge in [-0.3, -0.25) is 10.1 Å². The summed E-state index contributed by atoms with van der Waals surface area (Å²) in [6.07, 6.45) is 1.11. The van der Waals surface area contributed by atoms with Gasteiger partial charge < -0.3 is 22.1 Å². The third-order valence-corrected chi connectivity index (χ3v) is 1.59. The van der Waals surface area contributed by atoms with Gasteiger partial charge in [0.05, 0.1) is 11.1 Å². The molecule has 0 unspecified atom stereocenters. The highest BCUT2D eigenvalue weighted by atomic mass is 16.6. The van der Waals surface area contributed by atoms with Crippen LogP contribution >= 0.6 is 0 Å². The first-order chi connectivity index (χ1) is 7.50. The zero-order chi connectivity index (χ0) is 12.1. The molecule has 0 atom stereocenters. The fraction of sp³-hybridized carbons (Fsp3) is 0. The zero-order valence-corrected chi connectivity index (χ0v) is 8.57. The van der Waals surface area contributed by atoms with Crippen LogP contribution in [0.2, 0.25) is 0 Å². The first-order valence-corrected chi connectivity index (χ1v) is 4.10. The van der Waals surface area contributed by atoms with Gasteiger partial charge in [-0.2, -0.15) is 5.10 Å². The summed E-state index contributed by atoms with van der Waals surface area (Å²) in [5.41, 5.74) is 10.0. The van der Waals surface area contributed by atoms with Crippen molar-refractivity contribution in [2.75, 3.05) is 0 Å². The normalized spacial score (nSPS) is 9.65. The second-order valence-electron chi connectivity index (χ2n) is 2.77. The van der Waals surface area contributed by atoms with Gasteiger partial charge in [0.25, 0.3) is 5.69 Å². The van der Waals surface area contributed by atoms with Crippen molar-refractivity contribution in [3.63, 3.8) is 0 Å². The summed E-state index contributed by atoms with van der Waals surface area (Å²) >= 11 is 0. The number of nitrogens with two attached hydrogens (primary N) is 2. The van der Waals surface area contributed by atoms with Crippen molar-refractivity contribution in [3.05, 3.63) is 33.9 Å². The summed E-state index contributed by atoms with van der Waals surface area (Å²) in [4.78, 5) is 9.87. The number of guanidine groups is 1. The number of phenols is 1. The van der Waals surface area contributed by atoms with Gasteiger partial charge in [0, 0.05) is 17.7 Å². The molecular formula is C8H11N5O4. The number of benzene rings is 1. The van der Waals surface area contributed by atoms with E-state index in [0.29, 0.717) is 0 Å². The van der Waals surface area contributed by atoms with Crippen molar-refractivity contribution in [2.45, 2.75) is 0 Å². The molecule has 92 valence electrons. The first-order valence-electron chi connectivity index (χ1n) is 4.10. The maximum atomic E-state index is 10.5. The van der Waals surface area contributed by atoms with Crippen molar-refractivity contribution in [3.8, 4) is 5.75 Å². The molecule has 1 aromatic carbocycles. The van der Waals surface area contributed by atoms with Crippen molar-refractivity contribution < 1.29 is 15.5 Å². The molecule has 0 aromatic heterocycles. The quantitative estimate of drug-likeness (QED) is 0.268. The number of rotatable bonds is 3. The van der Waals surface area contributed by atoms with E-state index in [-0.39, 0.29) is 28.4 Å². The van der Waals surface area contributed by atoms with Crippen LogP contribution < -0.4 is 11.5 Å². The van der Waals surface area contributed by atoms with E-state index in [1.165, 1.54) is 12.1 Å². The zero-order valence-electron chi connectivity index (χ0n) is 8.57. The molecule has 0 heterocycles. The van der Waals surface area contributed by atoms with E-state index in [1.54, 1.807) is 0 Å². The summed E-state index contributed by atoms with van der Waals surface area (Å²) in [6.45, 7) is 0. The molecule has 1 rings (SSSR count). The monoisotopic (exact) mass is 241 g/mol. The van der Waals surface area contributed by atoms with Gasteiger partial charge in [0.1, 0.15) is 5.75 Å². The summed E-state index contributed by atoms with van der Waals surface area (Å²) in [7, 11) is 0. The average molecular weight is 241 g/mol. The molecular weight excluding hydrogens is 230 g/mol. The molecule has 0 fully saturated rings. The molecule has 1 aromatic rings. The van der Waals surface area contributed by atoms with Crippen molar-refractivity contribution in [1.82, 2.24) is 0 Å². The van der Waals surface area contributed by atoms with E-state index in [4.69, 9.17) is 11.5 Å². The summed E-state index contributed by atoms with van der Waals surface area (Å²) < 4.78 is 0. The van der Waals surface area contributed by atoms with Crippen LogP contribution in [-0.2, 0) is 0 Å². The van der Waals surface area contributed by atoms with E-state index in [9.17, 15) is 15.2 Å². The molecule has 0 bridgehead atoms. The maximum Gasteiger partial charge on any atom is 0.270 e. The molecule has 7 N–H and O–H groups in total. The lowest BCUT2D eigenvalue weighted by Crippen LogP contribution is -2.21. The average Bonchev–Trinajstić information content (AvgIpc) is 2.20. The lowest BCUT2D eigenvalue weighted by atomic mass is 10.2. The van der Waals surface area contributed by atoms with Crippen LogP contribution in [-0.4, -0.2) is 27.7 Å². The third-order valence-electron chi connectivity index (χ3n) is 1.59. The van der Waals surface area contributed by atoms with Crippen LogP contribution in [0.25, 0.3) is 0 Å². The van der Waals surface area contributed by atoms with Crippen LogP contribution in [0.5, 0.6) is 5.75 Å². The minimum atomic E-state index is -0.586. The SMILES string of the molecule is NC(N)=N/N=C/c1cc([N+](=O)[O-])ccc1O.O. The lowest BCUT2D eigenvalue weighted by Gasteiger charge is -1.97. The molecule has 9 heteroatoms. The van der Waals surface area contributed by atoms with Gasteiger partial charge >= 0.3 is 0 Å². The fourth-order valence-electron chi connectivity index (χ4n) is 0.917. The number of nitro groups is 1. The number of nitro benzene ring substituents is 1. The molecule has 9 nitrogen and oxygen atoms in total. The molecule has 0 amide bonds. The van der Waals surface area contributed by atoms with Crippen LogP contribution in [0.15, 0.2) is 28.4 Å². The Bertz CT molecular complexity index is 467. The third kappa shape index (κ3) is 4.13. The topological polar surface area (TPSA) is 172 Å². The Kier molecular flexibility index (Phi) is 5.07. The van der Waals surface area contributed by atoms with Crippen molar-refractivity contribution in [2.24, 2.45) is 21.7 Å². The van der Waals surface area contributed by atoms with E-state index in [2.05, 4.69) is 10.2 Å². The largest absolute Gasteiger partial charge is 0.507 e. The van der Waals surface area contributed by atoms with Crippen molar-refractivity contribution >= 4 is 17.9 Å². The number of hydrogen-bond acceptors (Lipinski definition) is 5. The molecule has 0 aliphatic carbocycles. The molecule has 0 aliphatic rings. The predicted molar refractivity (Wildman–Crippen MR) is 61.8 cm³/mol. The standard InChI is InChI=1S/C8H9N5O3.H2O/c9-8(10)12-11-4-5-3-6(13(15)16)1-2-7(5)14;/h1-4,14H,(H4,9,10,12);1H2/b11-4+;. The van der Waals surface area contributed by atoms with E-state index in [1.807, 2.05) is 0 Å². The molecule has 0 radical (unpaired) electrons. The smallest absolute Gasteiger partial charge is 0.270 e. The van der Waals surface area contributed by atoms with Crippen LogP contribution in [0, 0.1) is 10.1 Å². The summed E-state index contributed by atoms with van der Waals surface area (Å²) in [5.74, 6) is -0.402. The number of phenolic OH excluding ortho intramolecular Hbond substituents is 1. The molecule has 0 saturated heterocycles. The van der Waals surface area contributed by atoms with E-state index in [0.717, 1.165) is 12.3 Å². The van der Waals surface area contributed by atoms with Gasteiger partial charge in [0.15, 0.2) is 0 Å². The Balaban J connectivity index is 0.00000256. The molecule has 0 saturated carbocycles. The molecule has 17 heavy (non-hydrogen) atoms. The Hall–Kier alpha value is -2.68. The highest BCUT2D eigenvalue weighted by Gasteiger charge is 2.08. The second kappa shape index (κ2) is 6.02. The minimum absolute atomic E-state index is 0. The van der Waals surface area contributed by atoms with Crippen LogP contribution in [0.1, 0.15) is 5.56 Å². The van der Waals surface area contributed by atoms with E-state index < -0.39 is 4.92 Å². The maximum absolute atomic E-state index is 10.5. The Labute approximate surface area is 95.5 Å². The Morgan fingerprint density at radius 1 is 1.47 bits per heavy atom. The lowest BCUT2D eigenvalue weighted by molar-refractivity contribution is -0.384. The number of nitrogens with zero attached hydrogens (tertiary/aromatic N) is 3. The fourth-order valence-corrected chi connectivity index (χ4v) is 0.917. The number of hydrogen-bond donors (Lipinski definition) is 3. The second-order valence-corrected chi connectivity index (χ2v) is 2.77. The predicted octanol–water partition coefficient (Wildman–Crippen LogP) is -0.917. The molecule has 0 aliphatic heterocycles. The Morgan fingerprint density at radius 2 is 2.12 bits per heavy atom. The minimum Gasteiger partial charge on any atom is -0.507 e. The number of non-ortho nitro benzene ring substituents is 1. The van der Waals surface area contributed by atoms with Gasteiger partial charge in [0.2, 0.25) is 5.96 Å². The van der Waals surface area contributed by atoms with Crippen molar-refractivity contribution in [1.29, 1.82) is 0 Å².